The fourth-order valence-electron chi connectivity index (χ4n) is 4.77. The van der Waals surface area contributed by atoms with E-state index in [2.05, 4.69) is 10.2 Å². The Morgan fingerprint density at radius 1 is 1.25 bits per heavy atom. The molecule has 2 unspecified atom stereocenters. The van der Waals surface area contributed by atoms with Crippen LogP contribution in [0.4, 0.5) is 20.6 Å². The summed E-state index contributed by atoms with van der Waals surface area (Å²) in [5, 5.41) is 2.77. The second-order valence-corrected chi connectivity index (χ2v) is 8.03. The predicted molar refractivity (Wildman–Crippen MR) is 105 cm³/mol. The molecule has 1 aromatic carbocycles. The summed E-state index contributed by atoms with van der Waals surface area (Å²) in [6.45, 7) is 2.52. The molecule has 0 spiro atoms. The van der Waals surface area contributed by atoms with Crippen LogP contribution >= 0.6 is 0 Å². The van der Waals surface area contributed by atoms with Gasteiger partial charge in [-0.1, -0.05) is 6.92 Å². The second-order valence-electron chi connectivity index (χ2n) is 8.03. The quantitative estimate of drug-likeness (QED) is 0.808. The van der Waals surface area contributed by atoms with Crippen molar-refractivity contribution < 1.29 is 18.7 Å². The van der Waals surface area contributed by atoms with Crippen LogP contribution in [0.15, 0.2) is 18.2 Å². The molecule has 3 heterocycles. The number of rotatable bonds is 6. The molecule has 2 bridgehead atoms. The first kappa shape index (κ1) is 19.0. The molecular formula is C21H28FN3O3. The summed E-state index contributed by atoms with van der Waals surface area (Å²) in [6, 6.07) is 5.90. The van der Waals surface area contributed by atoms with Gasteiger partial charge in [-0.05, 0) is 56.7 Å². The Morgan fingerprint density at radius 3 is 2.68 bits per heavy atom. The average molecular weight is 389 g/mol. The summed E-state index contributed by atoms with van der Waals surface area (Å²) in [5.41, 5.74) is 1.14. The van der Waals surface area contributed by atoms with Gasteiger partial charge in [-0.15, -0.1) is 0 Å². The van der Waals surface area contributed by atoms with Crippen LogP contribution in [0.5, 0.6) is 0 Å². The lowest BCUT2D eigenvalue weighted by molar-refractivity contribution is -0.121. The number of halogens is 1. The molecule has 0 aromatic heterocycles. The Labute approximate surface area is 165 Å². The Kier molecular flexibility index (Phi) is 5.42. The summed E-state index contributed by atoms with van der Waals surface area (Å²) in [6.07, 6.45) is 6.05. The van der Waals surface area contributed by atoms with E-state index < -0.39 is 12.2 Å². The second kappa shape index (κ2) is 7.97. The molecule has 152 valence electrons. The molecular weight excluding hydrogens is 361 g/mol. The van der Waals surface area contributed by atoms with Crippen LogP contribution < -0.4 is 15.1 Å². The molecule has 3 aliphatic heterocycles. The number of hydrogen-bond acceptors (Lipinski definition) is 4. The number of carbonyl (C=O) groups excluding carboxylic acids is 2. The van der Waals surface area contributed by atoms with Crippen molar-refractivity contribution in [3.63, 3.8) is 0 Å². The smallest absolute Gasteiger partial charge is 0.414 e. The van der Waals surface area contributed by atoms with Gasteiger partial charge in [0.1, 0.15) is 11.9 Å². The minimum Gasteiger partial charge on any atom is -0.442 e. The average Bonchev–Trinajstić information content (AvgIpc) is 3.16. The molecule has 6 nitrogen and oxygen atoms in total. The van der Waals surface area contributed by atoms with Crippen LogP contribution in [0.2, 0.25) is 0 Å². The Hall–Kier alpha value is -2.31. The number of nitrogens with zero attached hydrogens (tertiary/aromatic N) is 2. The van der Waals surface area contributed by atoms with Crippen LogP contribution in [-0.2, 0) is 9.53 Å². The van der Waals surface area contributed by atoms with Gasteiger partial charge in [0, 0.05) is 18.5 Å². The lowest BCUT2D eigenvalue weighted by Gasteiger charge is -2.37. The SMILES string of the molecule is CCCC(=O)NC[C@H]1CN(c2ccc(N3C4CCCC3CC4)c(F)c2)C(=O)O1. The summed E-state index contributed by atoms with van der Waals surface area (Å²) in [7, 11) is 0. The van der Waals surface area contributed by atoms with E-state index in [1.165, 1.54) is 17.4 Å². The Balaban J connectivity index is 1.43. The van der Waals surface area contributed by atoms with E-state index in [-0.39, 0.29) is 18.3 Å². The number of nitrogens with one attached hydrogen (secondary N) is 1. The highest BCUT2D eigenvalue weighted by Gasteiger charge is 2.38. The third kappa shape index (κ3) is 3.66. The van der Waals surface area contributed by atoms with Crippen molar-refractivity contribution in [2.75, 3.05) is 22.9 Å². The predicted octanol–water partition coefficient (Wildman–Crippen LogP) is 3.59. The first-order chi connectivity index (χ1) is 13.6. The number of amides is 2. The minimum absolute atomic E-state index is 0.0523. The molecule has 28 heavy (non-hydrogen) atoms. The number of fused-ring (bicyclic) bond motifs is 2. The van der Waals surface area contributed by atoms with Crippen molar-refractivity contribution in [1.29, 1.82) is 0 Å². The zero-order chi connectivity index (χ0) is 19.7. The van der Waals surface area contributed by atoms with Crippen molar-refractivity contribution in [2.24, 2.45) is 0 Å². The Bertz CT molecular complexity index is 740. The van der Waals surface area contributed by atoms with Gasteiger partial charge in [-0.2, -0.15) is 0 Å². The van der Waals surface area contributed by atoms with E-state index in [1.54, 1.807) is 12.1 Å². The lowest BCUT2D eigenvalue weighted by Crippen LogP contribution is -2.40. The van der Waals surface area contributed by atoms with Gasteiger partial charge in [0.05, 0.1) is 24.5 Å². The van der Waals surface area contributed by atoms with Crippen molar-refractivity contribution in [1.82, 2.24) is 5.32 Å². The molecule has 2 amide bonds. The molecule has 1 aromatic rings. The van der Waals surface area contributed by atoms with Crippen LogP contribution in [0.1, 0.15) is 51.9 Å². The molecule has 7 heteroatoms. The molecule has 3 atom stereocenters. The van der Waals surface area contributed by atoms with E-state index >= 15 is 0 Å². The van der Waals surface area contributed by atoms with Crippen LogP contribution in [0.25, 0.3) is 0 Å². The van der Waals surface area contributed by atoms with Gasteiger partial charge >= 0.3 is 6.09 Å². The fraction of sp³-hybridized carbons (Fsp3) is 0.619. The van der Waals surface area contributed by atoms with Gasteiger partial charge in [0.25, 0.3) is 0 Å². The summed E-state index contributed by atoms with van der Waals surface area (Å²) in [5.74, 6) is -0.340. The number of carbonyl (C=O) groups is 2. The highest BCUT2D eigenvalue weighted by atomic mass is 19.1. The van der Waals surface area contributed by atoms with Crippen molar-refractivity contribution in [3.05, 3.63) is 24.0 Å². The summed E-state index contributed by atoms with van der Waals surface area (Å²) in [4.78, 5) is 27.5. The largest absolute Gasteiger partial charge is 0.442 e. The first-order valence-electron chi connectivity index (χ1n) is 10.4. The van der Waals surface area contributed by atoms with Crippen LogP contribution in [-0.4, -0.2) is 43.3 Å². The number of anilines is 2. The van der Waals surface area contributed by atoms with E-state index in [9.17, 15) is 14.0 Å². The number of hydrogen-bond donors (Lipinski definition) is 1. The third-order valence-corrected chi connectivity index (χ3v) is 6.09. The van der Waals surface area contributed by atoms with Gasteiger partial charge in [-0.25, -0.2) is 9.18 Å². The highest BCUT2D eigenvalue weighted by molar-refractivity contribution is 5.90. The number of piperidine rings is 1. The standard InChI is InChI=1S/C21H28FN3O3/c1-2-4-20(26)23-12-17-13-24(21(27)28-17)16-9-10-19(18(22)11-16)25-14-5-3-6-15(25)8-7-14/h9-11,14-15,17H,2-8,12-13H2,1H3,(H,23,26)/t14?,15?,17-/m0/s1. The lowest BCUT2D eigenvalue weighted by atomic mass is 10.0. The number of benzene rings is 1. The van der Waals surface area contributed by atoms with Gasteiger partial charge in [-0.3, -0.25) is 9.69 Å². The third-order valence-electron chi connectivity index (χ3n) is 6.09. The van der Waals surface area contributed by atoms with Crippen molar-refractivity contribution in [2.45, 2.75) is 70.1 Å². The molecule has 0 radical (unpaired) electrons. The van der Waals surface area contributed by atoms with Gasteiger partial charge < -0.3 is 15.0 Å². The topological polar surface area (TPSA) is 61.9 Å². The van der Waals surface area contributed by atoms with Crippen molar-refractivity contribution in [3.8, 4) is 0 Å². The zero-order valence-corrected chi connectivity index (χ0v) is 16.3. The molecule has 1 N–H and O–H groups in total. The van der Waals surface area contributed by atoms with E-state index in [1.807, 2.05) is 6.92 Å². The number of cyclic esters (lactones) is 1. The maximum absolute atomic E-state index is 14.9. The van der Waals surface area contributed by atoms with Crippen LogP contribution in [0.3, 0.4) is 0 Å². The normalized spacial score (nSPS) is 26.5. The zero-order valence-electron chi connectivity index (χ0n) is 16.3. The number of ether oxygens (including phenoxy) is 1. The molecule has 3 aliphatic rings. The highest BCUT2D eigenvalue weighted by Crippen LogP contribution is 2.41. The monoisotopic (exact) mass is 389 g/mol. The Morgan fingerprint density at radius 2 is 2.00 bits per heavy atom. The molecule has 3 fully saturated rings. The molecule has 4 rings (SSSR count). The maximum atomic E-state index is 14.9. The van der Waals surface area contributed by atoms with E-state index in [0.29, 0.717) is 36.4 Å². The molecule has 0 saturated carbocycles. The minimum atomic E-state index is -0.500. The van der Waals surface area contributed by atoms with Gasteiger partial charge in [0.15, 0.2) is 0 Å². The van der Waals surface area contributed by atoms with E-state index in [4.69, 9.17) is 4.74 Å². The van der Waals surface area contributed by atoms with Crippen LogP contribution in [0, 0.1) is 5.82 Å². The van der Waals surface area contributed by atoms with Gasteiger partial charge in [0.2, 0.25) is 5.91 Å². The summed E-state index contributed by atoms with van der Waals surface area (Å²) >= 11 is 0. The maximum Gasteiger partial charge on any atom is 0.414 e. The molecule has 3 saturated heterocycles. The molecule has 0 aliphatic carbocycles. The summed E-state index contributed by atoms with van der Waals surface area (Å²) < 4.78 is 20.3. The van der Waals surface area contributed by atoms with Crippen molar-refractivity contribution >= 4 is 23.4 Å². The van der Waals surface area contributed by atoms with E-state index in [0.717, 1.165) is 32.1 Å². The first-order valence-corrected chi connectivity index (χ1v) is 10.4. The fourth-order valence-corrected chi connectivity index (χ4v) is 4.77.